The Balaban J connectivity index is 4.66. The molecule has 0 bridgehead atoms. The van der Waals surface area contributed by atoms with E-state index in [-0.39, 0.29) is 18.2 Å². The molecule has 6 nitrogen and oxygen atoms in total. The van der Waals surface area contributed by atoms with E-state index in [0.29, 0.717) is 0 Å². The molecule has 1 amide bonds. The molecule has 0 aliphatic carbocycles. The van der Waals surface area contributed by atoms with Crippen molar-refractivity contribution in [2.75, 3.05) is 12.4 Å². The number of ketones is 1. The van der Waals surface area contributed by atoms with Gasteiger partial charge in [-0.3, -0.25) is 9.59 Å². The number of amides is 1. The van der Waals surface area contributed by atoms with Crippen LogP contribution in [-0.4, -0.2) is 40.7 Å². The first-order valence-electron chi connectivity index (χ1n) is 5.12. The highest BCUT2D eigenvalue weighted by atomic mass is 35.5. The summed E-state index contributed by atoms with van der Waals surface area (Å²) in [4.78, 5) is 33.6. The maximum atomic E-state index is 11.7. The van der Waals surface area contributed by atoms with Gasteiger partial charge < -0.3 is 16.2 Å². The molecule has 0 fully saturated rings. The summed E-state index contributed by atoms with van der Waals surface area (Å²) in [5.74, 6) is -3.02. The molecule has 0 rings (SSSR count). The van der Waals surface area contributed by atoms with E-state index in [2.05, 4.69) is 5.32 Å². The largest absolute Gasteiger partial charge is 0.480 e. The Labute approximate surface area is 104 Å². The number of Topliss-reactive ketones (excluding diaryl/α,β-unsaturated/α-hetero) is 1. The molecular formula is C10H17ClN2O4. The predicted octanol–water partition coefficient (Wildman–Crippen LogP) is -0.261. The van der Waals surface area contributed by atoms with Gasteiger partial charge in [0.05, 0.1) is 6.54 Å². The molecular weight excluding hydrogens is 248 g/mol. The summed E-state index contributed by atoms with van der Waals surface area (Å²) in [5, 5.41) is 11.2. The van der Waals surface area contributed by atoms with Gasteiger partial charge in [0.1, 0.15) is 5.88 Å². The zero-order valence-electron chi connectivity index (χ0n) is 9.83. The van der Waals surface area contributed by atoms with E-state index < -0.39 is 29.7 Å². The molecule has 0 saturated heterocycles. The Kier molecular flexibility index (Phi) is 6.12. The number of halogens is 1. The van der Waals surface area contributed by atoms with Gasteiger partial charge in [-0.1, -0.05) is 13.8 Å². The average molecular weight is 265 g/mol. The van der Waals surface area contributed by atoms with Gasteiger partial charge in [-0.25, -0.2) is 4.79 Å². The van der Waals surface area contributed by atoms with Crippen LogP contribution < -0.4 is 11.1 Å². The molecule has 0 aromatic carbocycles. The Hall–Kier alpha value is -1.14. The summed E-state index contributed by atoms with van der Waals surface area (Å²) in [7, 11) is 0. The first-order valence-corrected chi connectivity index (χ1v) is 5.65. The first-order chi connectivity index (χ1) is 7.74. The molecule has 0 spiro atoms. The Morgan fingerprint density at radius 2 is 1.94 bits per heavy atom. The summed E-state index contributed by atoms with van der Waals surface area (Å²) in [6.07, 6.45) is 0.0118. The number of nitrogens with two attached hydrogens (primary N) is 1. The summed E-state index contributed by atoms with van der Waals surface area (Å²) in [5.41, 5.74) is 3.62. The van der Waals surface area contributed by atoms with E-state index in [4.69, 9.17) is 22.4 Å². The van der Waals surface area contributed by atoms with Crippen LogP contribution in [-0.2, 0) is 14.4 Å². The fourth-order valence-corrected chi connectivity index (χ4v) is 1.44. The third-order valence-electron chi connectivity index (χ3n) is 2.18. The molecule has 0 saturated carbocycles. The highest BCUT2D eigenvalue weighted by Crippen LogP contribution is 2.15. The highest BCUT2D eigenvalue weighted by Gasteiger charge is 2.42. The number of carbonyl (C=O) groups is 3. The number of carboxylic acid groups (broad SMARTS) is 1. The monoisotopic (exact) mass is 264 g/mol. The minimum absolute atomic E-state index is 0.0118. The number of hydrogen-bond acceptors (Lipinski definition) is 4. The van der Waals surface area contributed by atoms with E-state index >= 15 is 0 Å². The molecule has 0 aromatic rings. The maximum absolute atomic E-state index is 11.7. The zero-order valence-corrected chi connectivity index (χ0v) is 10.6. The van der Waals surface area contributed by atoms with Crippen molar-refractivity contribution in [1.29, 1.82) is 0 Å². The molecule has 7 heteroatoms. The molecule has 17 heavy (non-hydrogen) atoms. The number of nitrogens with one attached hydrogen (secondary N) is 1. The minimum Gasteiger partial charge on any atom is -0.480 e. The molecule has 0 unspecified atom stereocenters. The van der Waals surface area contributed by atoms with Crippen molar-refractivity contribution in [2.24, 2.45) is 11.7 Å². The molecule has 0 aliphatic heterocycles. The predicted molar refractivity (Wildman–Crippen MR) is 62.7 cm³/mol. The van der Waals surface area contributed by atoms with Crippen LogP contribution in [0.4, 0.5) is 0 Å². The van der Waals surface area contributed by atoms with Gasteiger partial charge in [0.15, 0.2) is 11.3 Å². The van der Waals surface area contributed by atoms with Gasteiger partial charge in [0.2, 0.25) is 5.91 Å². The highest BCUT2D eigenvalue weighted by molar-refractivity contribution is 6.27. The van der Waals surface area contributed by atoms with Crippen LogP contribution in [0.5, 0.6) is 0 Å². The Bertz CT molecular complexity index is 319. The lowest BCUT2D eigenvalue weighted by Crippen LogP contribution is -2.58. The van der Waals surface area contributed by atoms with E-state index in [0.717, 1.165) is 0 Å². The van der Waals surface area contributed by atoms with Gasteiger partial charge in [-0.05, 0) is 12.3 Å². The maximum Gasteiger partial charge on any atom is 0.331 e. The Morgan fingerprint density at radius 1 is 1.41 bits per heavy atom. The van der Waals surface area contributed by atoms with E-state index in [1.165, 1.54) is 0 Å². The van der Waals surface area contributed by atoms with Gasteiger partial charge >= 0.3 is 5.97 Å². The van der Waals surface area contributed by atoms with Crippen molar-refractivity contribution in [2.45, 2.75) is 25.8 Å². The van der Waals surface area contributed by atoms with Gasteiger partial charge in [0, 0.05) is 0 Å². The van der Waals surface area contributed by atoms with Crippen molar-refractivity contribution in [3.05, 3.63) is 0 Å². The summed E-state index contributed by atoms with van der Waals surface area (Å²) in [6, 6.07) is 0. The van der Waals surface area contributed by atoms with Crippen LogP contribution in [0.3, 0.4) is 0 Å². The Morgan fingerprint density at radius 3 is 2.29 bits per heavy atom. The summed E-state index contributed by atoms with van der Waals surface area (Å²) < 4.78 is 0. The number of carboxylic acids is 1. The summed E-state index contributed by atoms with van der Waals surface area (Å²) >= 11 is 5.23. The first kappa shape index (κ1) is 15.9. The van der Waals surface area contributed by atoms with Gasteiger partial charge in [-0.15, -0.1) is 11.6 Å². The number of hydrogen-bond donors (Lipinski definition) is 3. The number of carbonyl (C=O) groups excluding carboxylic acids is 2. The number of aliphatic carboxylic acids is 1. The quantitative estimate of drug-likeness (QED) is 0.433. The van der Waals surface area contributed by atoms with Crippen molar-refractivity contribution in [3.63, 3.8) is 0 Å². The second-order valence-electron chi connectivity index (χ2n) is 4.21. The SMILES string of the molecule is CC(C)C[C@](N)(C(=O)O)C(=O)CNC(=O)CCl. The van der Waals surface area contributed by atoms with E-state index in [9.17, 15) is 14.4 Å². The van der Waals surface area contributed by atoms with Crippen molar-refractivity contribution >= 4 is 29.3 Å². The lowest BCUT2D eigenvalue weighted by Gasteiger charge is -2.25. The number of alkyl halides is 1. The van der Waals surface area contributed by atoms with Crippen LogP contribution in [0.25, 0.3) is 0 Å². The van der Waals surface area contributed by atoms with Crippen molar-refractivity contribution in [3.8, 4) is 0 Å². The minimum atomic E-state index is -1.96. The molecule has 0 heterocycles. The molecule has 0 aliphatic rings. The van der Waals surface area contributed by atoms with E-state index in [1.54, 1.807) is 13.8 Å². The van der Waals surface area contributed by atoms with Crippen molar-refractivity contribution < 1.29 is 19.5 Å². The van der Waals surface area contributed by atoms with E-state index in [1.807, 2.05) is 0 Å². The lowest BCUT2D eigenvalue weighted by atomic mass is 9.86. The van der Waals surface area contributed by atoms with Gasteiger partial charge in [0.25, 0.3) is 0 Å². The number of rotatable bonds is 7. The standard InChI is InChI=1S/C10H17ClN2O4/c1-6(2)3-10(12,9(16)17)7(14)5-13-8(15)4-11/h6H,3-5,12H2,1-2H3,(H,13,15)(H,16,17)/t10-/m1/s1. The van der Waals surface area contributed by atoms with Crippen LogP contribution in [0, 0.1) is 5.92 Å². The zero-order chi connectivity index (χ0) is 13.6. The fourth-order valence-electron chi connectivity index (χ4n) is 1.35. The molecule has 1 atom stereocenters. The van der Waals surface area contributed by atoms with Crippen molar-refractivity contribution in [1.82, 2.24) is 5.32 Å². The summed E-state index contributed by atoms with van der Waals surface area (Å²) in [6.45, 7) is 3.09. The molecule has 0 aromatic heterocycles. The fraction of sp³-hybridized carbons (Fsp3) is 0.700. The lowest BCUT2D eigenvalue weighted by molar-refractivity contribution is -0.149. The normalized spacial score (nSPS) is 14.2. The molecule has 0 radical (unpaired) electrons. The molecule has 98 valence electrons. The smallest absolute Gasteiger partial charge is 0.331 e. The second-order valence-corrected chi connectivity index (χ2v) is 4.48. The van der Waals surface area contributed by atoms with Crippen LogP contribution in [0.2, 0.25) is 0 Å². The average Bonchev–Trinajstić information content (AvgIpc) is 2.23. The topological polar surface area (TPSA) is 109 Å². The van der Waals surface area contributed by atoms with Crippen LogP contribution in [0.1, 0.15) is 20.3 Å². The second kappa shape index (κ2) is 6.56. The van der Waals surface area contributed by atoms with Crippen LogP contribution >= 0.6 is 11.6 Å². The van der Waals surface area contributed by atoms with Crippen LogP contribution in [0.15, 0.2) is 0 Å². The third-order valence-corrected chi connectivity index (χ3v) is 2.42. The molecule has 4 N–H and O–H groups in total. The third kappa shape index (κ3) is 4.70. The van der Waals surface area contributed by atoms with Gasteiger partial charge in [-0.2, -0.15) is 0 Å².